The van der Waals surface area contributed by atoms with Crippen LogP contribution in [0.25, 0.3) is 0 Å². The summed E-state index contributed by atoms with van der Waals surface area (Å²) in [6.07, 6.45) is 9.32. The van der Waals surface area contributed by atoms with Crippen LogP contribution in [-0.2, 0) is 0 Å². The highest BCUT2D eigenvalue weighted by Crippen LogP contribution is 2.27. The van der Waals surface area contributed by atoms with Gasteiger partial charge in [0.1, 0.15) is 0 Å². The molecule has 0 amide bonds. The van der Waals surface area contributed by atoms with E-state index < -0.39 is 0 Å². The van der Waals surface area contributed by atoms with E-state index in [2.05, 4.69) is 18.0 Å². The monoisotopic (exact) mass is 163 g/mol. The highest BCUT2D eigenvalue weighted by Gasteiger charge is 2.19. The molecule has 0 spiro atoms. The van der Waals surface area contributed by atoms with Crippen molar-refractivity contribution in [2.75, 3.05) is 6.54 Å². The fourth-order valence-electron chi connectivity index (χ4n) is 2.21. The second-order valence-electron chi connectivity index (χ2n) is 4.07. The molecule has 0 unspecified atom stereocenters. The number of allylic oxidation sites excluding steroid dienone is 1. The van der Waals surface area contributed by atoms with Crippen LogP contribution in [0.15, 0.2) is 16.6 Å². The minimum Gasteiger partial charge on any atom is -0.285 e. The molecular formula is C11H17N. The average Bonchev–Trinajstić information content (AvgIpc) is 2.54. The second-order valence-corrected chi connectivity index (χ2v) is 4.07. The summed E-state index contributed by atoms with van der Waals surface area (Å²) >= 11 is 0. The van der Waals surface area contributed by atoms with E-state index in [1.807, 2.05) is 0 Å². The second kappa shape index (κ2) is 3.42. The summed E-state index contributed by atoms with van der Waals surface area (Å²) < 4.78 is 0. The Balaban J connectivity index is 1.99. The van der Waals surface area contributed by atoms with Gasteiger partial charge >= 0.3 is 0 Å². The van der Waals surface area contributed by atoms with Gasteiger partial charge < -0.3 is 0 Å². The molecule has 1 heteroatoms. The van der Waals surface area contributed by atoms with Crippen LogP contribution in [-0.4, -0.2) is 12.3 Å². The average molecular weight is 163 g/mol. The first-order valence-electron chi connectivity index (χ1n) is 5.08. The number of hydrogen-bond acceptors (Lipinski definition) is 1. The highest BCUT2D eigenvalue weighted by molar-refractivity contribution is 5.99. The van der Waals surface area contributed by atoms with E-state index >= 15 is 0 Å². The maximum atomic E-state index is 4.56. The van der Waals surface area contributed by atoms with Crippen LogP contribution >= 0.6 is 0 Å². The fourth-order valence-corrected chi connectivity index (χ4v) is 2.21. The Bertz CT molecular complexity index is 219. The summed E-state index contributed by atoms with van der Waals surface area (Å²) in [4.78, 5) is 4.56. The van der Waals surface area contributed by atoms with E-state index in [-0.39, 0.29) is 0 Å². The summed E-state index contributed by atoms with van der Waals surface area (Å²) in [5.74, 6) is 0.802. The van der Waals surface area contributed by atoms with Crippen LogP contribution in [0.3, 0.4) is 0 Å². The first kappa shape index (κ1) is 8.03. The van der Waals surface area contributed by atoms with E-state index in [9.17, 15) is 0 Å². The van der Waals surface area contributed by atoms with Gasteiger partial charge in [0, 0.05) is 11.6 Å². The molecule has 0 bridgehead atoms. The molecule has 12 heavy (non-hydrogen) atoms. The van der Waals surface area contributed by atoms with Gasteiger partial charge in [-0.2, -0.15) is 0 Å². The van der Waals surface area contributed by atoms with Crippen LogP contribution < -0.4 is 0 Å². The Kier molecular flexibility index (Phi) is 2.29. The first-order valence-corrected chi connectivity index (χ1v) is 5.08. The normalized spacial score (nSPS) is 25.4. The number of aliphatic imine (C=N–C) groups is 1. The van der Waals surface area contributed by atoms with E-state index in [0.29, 0.717) is 0 Å². The zero-order valence-electron chi connectivity index (χ0n) is 7.84. The van der Waals surface area contributed by atoms with Crippen molar-refractivity contribution in [2.24, 2.45) is 10.9 Å². The third kappa shape index (κ3) is 1.60. The molecule has 0 aromatic rings. The van der Waals surface area contributed by atoms with Crippen molar-refractivity contribution in [3.63, 3.8) is 0 Å². The van der Waals surface area contributed by atoms with Crippen molar-refractivity contribution in [3.05, 3.63) is 11.6 Å². The first-order chi connectivity index (χ1) is 5.86. The number of hydrogen-bond donors (Lipinski definition) is 0. The van der Waals surface area contributed by atoms with Crippen LogP contribution in [0.2, 0.25) is 0 Å². The minimum absolute atomic E-state index is 0.802. The molecule has 1 nitrogen and oxygen atoms in total. The largest absolute Gasteiger partial charge is 0.285 e. The van der Waals surface area contributed by atoms with Gasteiger partial charge in [0.05, 0.1) is 6.54 Å². The fraction of sp³-hybridized carbons (Fsp3) is 0.727. The van der Waals surface area contributed by atoms with Gasteiger partial charge in [0.2, 0.25) is 0 Å². The van der Waals surface area contributed by atoms with Crippen molar-refractivity contribution in [2.45, 2.75) is 39.0 Å². The molecule has 2 aliphatic rings. The molecule has 1 aliphatic carbocycles. The Labute approximate surface area is 74.6 Å². The molecule has 1 saturated carbocycles. The number of rotatable bonds is 1. The molecular weight excluding hydrogens is 146 g/mol. The van der Waals surface area contributed by atoms with Gasteiger partial charge in [-0.05, 0) is 25.8 Å². The van der Waals surface area contributed by atoms with Gasteiger partial charge in [0.15, 0.2) is 0 Å². The smallest absolute Gasteiger partial charge is 0.0604 e. The molecule has 0 N–H and O–H groups in total. The summed E-state index contributed by atoms with van der Waals surface area (Å²) in [5, 5.41) is 0. The quantitative estimate of drug-likeness (QED) is 0.563. The van der Waals surface area contributed by atoms with Gasteiger partial charge in [-0.3, -0.25) is 4.99 Å². The van der Waals surface area contributed by atoms with Crippen LogP contribution in [0.1, 0.15) is 39.0 Å². The topological polar surface area (TPSA) is 12.4 Å². The Morgan fingerprint density at radius 1 is 1.25 bits per heavy atom. The maximum Gasteiger partial charge on any atom is 0.0604 e. The summed E-state index contributed by atoms with van der Waals surface area (Å²) in [6.45, 7) is 3.14. The number of nitrogens with zero attached hydrogens (tertiary/aromatic N) is 1. The maximum absolute atomic E-state index is 4.56. The Hall–Kier alpha value is -0.590. The molecule has 1 heterocycles. The van der Waals surface area contributed by atoms with Crippen LogP contribution in [0.5, 0.6) is 0 Å². The van der Waals surface area contributed by atoms with E-state index in [1.54, 1.807) is 0 Å². The van der Waals surface area contributed by atoms with E-state index in [0.717, 1.165) is 12.5 Å². The molecule has 0 atom stereocenters. The molecule has 1 fully saturated rings. The lowest BCUT2D eigenvalue weighted by atomic mass is 9.86. The summed E-state index contributed by atoms with van der Waals surface area (Å²) in [7, 11) is 0. The minimum atomic E-state index is 0.802. The summed E-state index contributed by atoms with van der Waals surface area (Å²) in [6, 6.07) is 0. The molecule has 0 radical (unpaired) electrons. The molecule has 2 rings (SSSR count). The predicted octanol–water partition coefficient (Wildman–Crippen LogP) is 2.97. The van der Waals surface area contributed by atoms with Crippen molar-refractivity contribution < 1.29 is 0 Å². The summed E-state index contributed by atoms with van der Waals surface area (Å²) in [5.41, 5.74) is 2.84. The zero-order chi connectivity index (χ0) is 8.39. The lowest BCUT2D eigenvalue weighted by molar-refractivity contribution is 0.440. The molecule has 0 aromatic heterocycles. The van der Waals surface area contributed by atoms with Gasteiger partial charge in [-0.15, -0.1) is 0 Å². The van der Waals surface area contributed by atoms with Gasteiger partial charge in [-0.1, -0.05) is 24.8 Å². The molecule has 1 aliphatic heterocycles. The SMILES string of the molecule is CC1=CC(C2CCCCC2)=NC1. The van der Waals surface area contributed by atoms with Gasteiger partial charge in [0.25, 0.3) is 0 Å². The van der Waals surface area contributed by atoms with Crippen molar-refractivity contribution >= 4 is 5.71 Å². The van der Waals surface area contributed by atoms with Crippen molar-refractivity contribution in [1.82, 2.24) is 0 Å². The molecule has 0 aromatic carbocycles. The van der Waals surface area contributed by atoms with Crippen molar-refractivity contribution in [1.29, 1.82) is 0 Å². The Morgan fingerprint density at radius 2 is 2.00 bits per heavy atom. The third-order valence-corrected chi connectivity index (χ3v) is 2.93. The van der Waals surface area contributed by atoms with Gasteiger partial charge in [-0.25, -0.2) is 0 Å². The predicted molar refractivity (Wildman–Crippen MR) is 52.6 cm³/mol. The van der Waals surface area contributed by atoms with Crippen molar-refractivity contribution in [3.8, 4) is 0 Å². The third-order valence-electron chi connectivity index (χ3n) is 2.93. The standard InChI is InChI=1S/C11H17N/c1-9-7-11(12-8-9)10-5-3-2-4-6-10/h7,10H,2-6,8H2,1H3. The molecule has 66 valence electrons. The molecule has 0 saturated heterocycles. The van der Waals surface area contributed by atoms with Crippen LogP contribution in [0.4, 0.5) is 0 Å². The highest BCUT2D eigenvalue weighted by atomic mass is 14.8. The lowest BCUT2D eigenvalue weighted by Gasteiger charge is -2.20. The zero-order valence-corrected chi connectivity index (χ0v) is 7.84. The lowest BCUT2D eigenvalue weighted by Crippen LogP contribution is -2.14. The Morgan fingerprint density at radius 3 is 2.58 bits per heavy atom. The van der Waals surface area contributed by atoms with Crippen LogP contribution in [0, 0.1) is 5.92 Å². The van der Waals surface area contributed by atoms with E-state index in [1.165, 1.54) is 43.4 Å². The van der Waals surface area contributed by atoms with E-state index in [4.69, 9.17) is 0 Å².